The number of halogens is 2. The van der Waals surface area contributed by atoms with Gasteiger partial charge in [0.15, 0.2) is 0 Å². The number of piperidine rings is 2. The number of amides is 3. The predicted molar refractivity (Wildman–Crippen MR) is 217 cm³/mol. The smallest absolute Gasteiger partial charge is 0.270 e. The van der Waals surface area contributed by atoms with Crippen molar-refractivity contribution in [2.75, 3.05) is 76.4 Å². The first-order valence-corrected chi connectivity index (χ1v) is 20.3. The zero-order valence-electron chi connectivity index (χ0n) is 33.3. The molecule has 58 heavy (non-hydrogen) atoms. The van der Waals surface area contributed by atoms with Crippen LogP contribution >= 0.6 is 0 Å². The number of methoxy groups -OCH3 is 2. The van der Waals surface area contributed by atoms with Crippen LogP contribution in [0.1, 0.15) is 66.0 Å². The standard InChI is InChI=1S/C43H52F2N8O5/c1-26-20-31-29-6-4-5-7-32(29)47-40(31)41(53(26)25-38(44)45)30-9-8-28(21-36(30)57-2)51-14-12-27(13-15-51)24-50-16-18-52(19-17-50)35-23-46-34(22-37(35)58-3)43(56)48-33-10-11-39(54)49-42(33)55/h4-9,21-23,26-27,33,38,41,47H,10-20,24-25H2,1-3H3,(H,48,56)(H,49,54,55)/t26-,33?,41-/m1/s1. The Morgan fingerprint density at radius 2 is 1.71 bits per heavy atom. The molecule has 4 aliphatic rings. The van der Waals surface area contributed by atoms with Crippen LogP contribution in [0.2, 0.25) is 0 Å². The Labute approximate surface area is 337 Å². The number of pyridine rings is 1. The van der Waals surface area contributed by atoms with Crippen LogP contribution < -0.4 is 29.9 Å². The van der Waals surface area contributed by atoms with Crippen molar-refractivity contribution in [3.05, 3.63) is 77.2 Å². The number of benzene rings is 2. The van der Waals surface area contributed by atoms with Gasteiger partial charge in [0.1, 0.15) is 23.2 Å². The van der Waals surface area contributed by atoms with Gasteiger partial charge >= 0.3 is 0 Å². The number of ether oxygens (including phenoxy) is 2. The molecule has 1 unspecified atom stereocenters. The summed E-state index contributed by atoms with van der Waals surface area (Å²) in [6, 6.07) is 14.8. The van der Waals surface area contributed by atoms with Crippen molar-refractivity contribution in [3.63, 3.8) is 0 Å². The van der Waals surface area contributed by atoms with Gasteiger partial charge in [-0.2, -0.15) is 0 Å². The van der Waals surface area contributed by atoms with Crippen LogP contribution in [0.4, 0.5) is 20.2 Å². The first kappa shape index (κ1) is 39.5. The van der Waals surface area contributed by atoms with E-state index in [4.69, 9.17) is 9.47 Å². The van der Waals surface area contributed by atoms with Crippen LogP contribution in [0, 0.1) is 5.92 Å². The van der Waals surface area contributed by atoms with Crippen molar-refractivity contribution in [1.82, 2.24) is 30.4 Å². The van der Waals surface area contributed by atoms with E-state index in [0.29, 0.717) is 23.8 Å². The minimum atomic E-state index is -2.46. The fourth-order valence-electron chi connectivity index (χ4n) is 9.34. The Morgan fingerprint density at radius 1 is 0.948 bits per heavy atom. The Balaban J connectivity index is 0.871. The summed E-state index contributed by atoms with van der Waals surface area (Å²) in [5.41, 5.74) is 6.10. The molecule has 4 aliphatic heterocycles. The third-order valence-corrected chi connectivity index (χ3v) is 12.4. The second kappa shape index (κ2) is 16.9. The van der Waals surface area contributed by atoms with Gasteiger partial charge in [-0.1, -0.05) is 24.3 Å². The largest absolute Gasteiger partial charge is 0.496 e. The van der Waals surface area contributed by atoms with E-state index >= 15 is 0 Å². The van der Waals surface area contributed by atoms with Gasteiger partial charge in [-0.25, -0.2) is 13.8 Å². The molecular weight excluding hydrogens is 747 g/mol. The van der Waals surface area contributed by atoms with Gasteiger partial charge in [-0.05, 0) is 56.2 Å². The molecule has 0 bridgehead atoms. The molecule has 6 heterocycles. The van der Waals surface area contributed by atoms with Crippen LogP contribution in [0.25, 0.3) is 10.9 Å². The van der Waals surface area contributed by atoms with Crippen LogP contribution in [0.5, 0.6) is 11.5 Å². The van der Waals surface area contributed by atoms with Crippen LogP contribution in [-0.4, -0.2) is 123 Å². The van der Waals surface area contributed by atoms with Crippen molar-refractivity contribution < 1.29 is 32.6 Å². The summed E-state index contributed by atoms with van der Waals surface area (Å²) in [5, 5.41) is 6.07. The molecule has 15 heteroatoms. The Hall–Kier alpha value is -5.28. The Bertz CT molecular complexity index is 2150. The van der Waals surface area contributed by atoms with E-state index in [0.717, 1.165) is 92.2 Å². The first-order valence-electron chi connectivity index (χ1n) is 20.3. The molecule has 3 fully saturated rings. The van der Waals surface area contributed by atoms with E-state index in [1.165, 1.54) is 5.56 Å². The van der Waals surface area contributed by atoms with Crippen LogP contribution in [-0.2, 0) is 16.0 Å². The topological polar surface area (TPSA) is 135 Å². The molecule has 0 radical (unpaired) electrons. The highest BCUT2D eigenvalue weighted by molar-refractivity contribution is 6.03. The number of imide groups is 1. The minimum Gasteiger partial charge on any atom is -0.496 e. The van der Waals surface area contributed by atoms with Crippen molar-refractivity contribution in [1.29, 1.82) is 0 Å². The van der Waals surface area contributed by atoms with Gasteiger partial charge in [0.25, 0.3) is 12.3 Å². The number of hydrogen-bond donors (Lipinski definition) is 3. The maximum Gasteiger partial charge on any atom is 0.270 e. The van der Waals surface area contributed by atoms with E-state index in [1.54, 1.807) is 26.5 Å². The van der Waals surface area contributed by atoms with Gasteiger partial charge < -0.3 is 29.6 Å². The minimum absolute atomic E-state index is 0.0712. The van der Waals surface area contributed by atoms with Gasteiger partial charge in [-0.3, -0.25) is 29.5 Å². The molecule has 0 spiro atoms. The van der Waals surface area contributed by atoms with Crippen molar-refractivity contribution in [2.24, 2.45) is 5.92 Å². The molecule has 2 aromatic carbocycles. The summed E-state index contributed by atoms with van der Waals surface area (Å²) in [6.45, 7) is 7.94. The summed E-state index contributed by atoms with van der Waals surface area (Å²) < 4.78 is 39.7. The van der Waals surface area contributed by atoms with E-state index < -0.39 is 24.3 Å². The Morgan fingerprint density at radius 3 is 2.43 bits per heavy atom. The van der Waals surface area contributed by atoms with E-state index in [1.807, 2.05) is 30.0 Å². The maximum absolute atomic E-state index is 14.0. The first-order chi connectivity index (χ1) is 28.1. The summed E-state index contributed by atoms with van der Waals surface area (Å²) in [7, 11) is 3.23. The maximum atomic E-state index is 14.0. The molecule has 3 saturated heterocycles. The highest BCUT2D eigenvalue weighted by atomic mass is 19.3. The lowest BCUT2D eigenvalue weighted by Gasteiger charge is -2.41. The number of anilines is 2. The number of nitrogens with zero attached hydrogens (tertiary/aromatic N) is 5. The number of hydrogen-bond acceptors (Lipinski definition) is 10. The number of fused-ring (bicyclic) bond motifs is 3. The number of H-pyrrole nitrogens is 1. The number of alkyl halides is 2. The van der Waals surface area contributed by atoms with E-state index in [9.17, 15) is 23.2 Å². The molecule has 0 saturated carbocycles. The monoisotopic (exact) mass is 798 g/mol. The van der Waals surface area contributed by atoms with E-state index in [-0.39, 0.29) is 43.1 Å². The molecule has 308 valence electrons. The van der Waals surface area contributed by atoms with Crippen molar-refractivity contribution >= 4 is 40.0 Å². The summed E-state index contributed by atoms with van der Waals surface area (Å²) in [5.74, 6) is 0.457. The number of carbonyl (C=O) groups excluding carboxylic acids is 3. The highest BCUT2D eigenvalue weighted by Crippen LogP contribution is 2.45. The fraction of sp³-hybridized carbons (Fsp3) is 0.488. The summed E-state index contributed by atoms with van der Waals surface area (Å²) in [4.78, 5) is 53.5. The zero-order chi connectivity index (χ0) is 40.5. The molecular formula is C43H52F2N8O5. The SMILES string of the molecule is COc1cc(N2CCC(CN3CCN(c4cnc(C(=O)NC5CCC(=O)NC5=O)cc4OC)CC3)CC2)ccc1[C@@H]1c2[nH]c3ccccc3c2C[C@@H](C)N1CC(F)F. The lowest BCUT2D eigenvalue weighted by molar-refractivity contribution is -0.134. The lowest BCUT2D eigenvalue weighted by Crippen LogP contribution is -2.52. The average Bonchev–Trinajstić information content (AvgIpc) is 3.60. The Kier molecular flexibility index (Phi) is 11.5. The van der Waals surface area contributed by atoms with Crippen LogP contribution in [0.3, 0.4) is 0 Å². The van der Waals surface area contributed by atoms with Gasteiger partial charge in [0, 0.05) is 98.3 Å². The molecule has 2 aromatic heterocycles. The molecule has 13 nitrogen and oxygen atoms in total. The quantitative estimate of drug-likeness (QED) is 0.183. The fourth-order valence-corrected chi connectivity index (χ4v) is 9.34. The number of nitrogens with one attached hydrogen (secondary N) is 3. The van der Waals surface area contributed by atoms with Crippen LogP contribution in [0.15, 0.2) is 54.7 Å². The van der Waals surface area contributed by atoms with Gasteiger partial charge in [-0.15, -0.1) is 0 Å². The molecule has 3 N–H and O–H groups in total. The number of rotatable bonds is 11. The van der Waals surface area contributed by atoms with Crippen molar-refractivity contribution in [2.45, 2.75) is 63.6 Å². The van der Waals surface area contributed by atoms with E-state index in [2.05, 4.69) is 59.6 Å². The predicted octanol–water partition coefficient (Wildman–Crippen LogP) is 4.75. The molecule has 3 atom stereocenters. The van der Waals surface area contributed by atoms with Crippen molar-refractivity contribution in [3.8, 4) is 11.5 Å². The van der Waals surface area contributed by atoms with Gasteiger partial charge in [0.05, 0.1) is 38.7 Å². The number of aromatic amines is 1. The second-order valence-electron chi connectivity index (χ2n) is 16.0. The summed E-state index contributed by atoms with van der Waals surface area (Å²) >= 11 is 0. The normalized spacial score (nSPS) is 22.3. The number of piperazine rings is 1. The number of aromatic nitrogens is 2. The molecule has 4 aromatic rings. The summed E-state index contributed by atoms with van der Waals surface area (Å²) in [6.07, 6.45) is 2.44. The van der Waals surface area contributed by atoms with Gasteiger partial charge in [0.2, 0.25) is 11.8 Å². The lowest BCUT2D eigenvalue weighted by atomic mass is 9.88. The highest BCUT2D eigenvalue weighted by Gasteiger charge is 2.39. The molecule has 3 amide bonds. The second-order valence-corrected chi connectivity index (χ2v) is 16.0. The zero-order valence-corrected chi connectivity index (χ0v) is 33.3. The number of carbonyl (C=O) groups is 3. The third-order valence-electron chi connectivity index (χ3n) is 12.4. The molecule has 8 rings (SSSR count). The molecule has 0 aliphatic carbocycles. The number of para-hydroxylation sites is 1. The average molecular weight is 799 g/mol. The third kappa shape index (κ3) is 8.06.